The van der Waals surface area contributed by atoms with Gasteiger partial charge in [0, 0.05) is 12.1 Å². The maximum absolute atomic E-state index is 5.46. The van der Waals surface area contributed by atoms with Gasteiger partial charge in [0.15, 0.2) is 5.11 Å². The van der Waals surface area contributed by atoms with Gasteiger partial charge in [0.05, 0.1) is 0 Å². The van der Waals surface area contributed by atoms with Crippen molar-refractivity contribution in [3.63, 3.8) is 0 Å². The molecule has 0 aromatic rings. The molecule has 2 atom stereocenters. The van der Waals surface area contributed by atoms with E-state index >= 15 is 0 Å². The lowest BCUT2D eigenvalue weighted by Gasteiger charge is -2.36. The predicted molar refractivity (Wildman–Crippen MR) is 77.1 cm³/mol. The number of nitrogens with one attached hydrogen (secondary N) is 2. The first kappa shape index (κ1) is 13.1. The van der Waals surface area contributed by atoms with Crippen LogP contribution in [-0.4, -0.2) is 17.2 Å². The van der Waals surface area contributed by atoms with E-state index in [9.17, 15) is 0 Å². The van der Waals surface area contributed by atoms with Gasteiger partial charge in [0.1, 0.15) is 0 Å². The summed E-state index contributed by atoms with van der Waals surface area (Å²) >= 11 is 5.46. The summed E-state index contributed by atoms with van der Waals surface area (Å²) in [7, 11) is 0. The Morgan fingerprint density at radius 1 is 0.882 bits per heavy atom. The Hall–Kier alpha value is -0.310. The Labute approximate surface area is 111 Å². The van der Waals surface area contributed by atoms with Gasteiger partial charge in [-0.15, -0.1) is 0 Å². The summed E-state index contributed by atoms with van der Waals surface area (Å²) in [5.41, 5.74) is 0. The molecule has 0 amide bonds. The molecule has 17 heavy (non-hydrogen) atoms. The first-order valence-corrected chi connectivity index (χ1v) is 7.64. The Kier molecular flexibility index (Phi) is 4.66. The van der Waals surface area contributed by atoms with E-state index in [1.54, 1.807) is 0 Å². The summed E-state index contributed by atoms with van der Waals surface area (Å²) in [4.78, 5) is 0. The number of thiocarbonyl (C=S) groups is 1. The van der Waals surface area contributed by atoms with Gasteiger partial charge in [-0.3, -0.25) is 0 Å². The van der Waals surface area contributed by atoms with Crippen molar-refractivity contribution in [1.29, 1.82) is 0 Å². The van der Waals surface area contributed by atoms with Crippen molar-refractivity contribution in [1.82, 2.24) is 10.6 Å². The van der Waals surface area contributed by atoms with E-state index in [0.29, 0.717) is 12.1 Å². The fourth-order valence-electron chi connectivity index (χ4n) is 3.41. The summed E-state index contributed by atoms with van der Waals surface area (Å²) < 4.78 is 0. The van der Waals surface area contributed by atoms with Crippen LogP contribution in [0.25, 0.3) is 0 Å². The minimum atomic E-state index is 0.574. The van der Waals surface area contributed by atoms with Crippen molar-refractivity contribution in [3.05, 3.63) is 0 Å². The van der Waals surface area contributed by atoms with Crippen LogP contribution in [0.2, 0.25) is 0 Å². The topological polar surface area (TPSA) is 24.1 Å². The summed E-state index contributed by atoms with van der Waals surface area (Å²) in [6.45, 7) is 4.71. The smallest absolute Gasteiger partial charge is 0.166 e. The highest BCUT2D eigenvalue weighted by molar-refractivity contribution is 7.80. The molecule has 0 aliphatic heterocycles. The quantitative estimate of drug-likeness (QED) is 0.740. The molecule has 0 aromatic carbocycles. The standard InChI is InChI=1S/C14H26N2S/c1-10-6-5-7-11(2)13(10)16-14(17)15-12-8-3-4-9-12/h10-13H,3-9H2,1-2H3,(H2,15,16,17). The van der Waals surface area contributed by atoms with Crippen LogP contribution in [0.4, 0.5) is 0 Å². The third-order valence-electron chi connectivity index (χ3n) is 4.53. The van der Waals surface area contributed by atoms with Crippen molar-refractivity contribution in [3.8, 4) is 0 Å². The third kappa shape index (κ3) is 3.57. The van der Waals surface area contributed by atoms with E-state index in [-0.39, 0.29) is 0 Å². The molecule has 2 rings (SSSR count). The summed E-state index contributed by atoms with van der Waals surface area (Å²) in [5.74, 6) is 1.50. The average molecular weight is 254 g/mol. The lowest BCUT2D eigenvalue weighted by Crippen LogP contribution is -2.51. The second kappa shape index (κ2) is 6.03. The third-order valence-corrected chi connectivity index (χ3v) is 4.77. The van der Waals surface area contributed by atoms with Crippen LogP contribution in [0.1, 0.15) is 58.8 Å². The zero-order chi connectivity index (χ0) is 12.3. The number of hydrogen-bond acceptors (Lipinski definition) is 1. The Balaban J connectivity index is 1.79. The number of hydrogen-bond donors (Lipinski definition) is 2. The first-order valence-electron chi connectivity index (χ1n) is 7.24. The Bertz CT molecular complexity index is 251. The van der Waals surface area contributed by atoms with E-state index in [1.165, 1.54) is 44.9 Å². The van der Waals surface area contributed by atoms with Crippen molar-refractivity contribution in [2.45, 2.75) is 70.9 Å². The molecule has 0 radical (unpaired) electrons. The minimum Gasteiger partial charge on any atom is -0.360 e. The van der Waals surface area contributed by atoms with E-state index in [2.05, 4.69) is 24.5 Å². The van der Waals surface area contributed by atoms with Crippen molar-refractivity contribution in [2.24, 2.45) is 11.8 Å². The molecule has 98 valence electrons. The molecule has 2 N–H and O–H groups in total. The molecule has 0 bridgehead atoms. The highest BCUT2D eigenvalue weighted by Gasteiger charge is 2.28. The second-order valence-corrected chi connectivity index (χ2v) is 6.42. The highest BCUT2D eigenvalue weighted by atomic mass is 32.1. The molecule has 0 spiro atoms. The molecule has 0 heterocycles. The van der Waals surface area contributed by atoms with Gasteiger partial charge in [-0.05, 0) is 49.7 Å². The number of rotatable bonds is 2. The zero-order valence-corrected chi connectivity index (χ0v) is 12.0. The van der Waals surface area contributed by atoms with E-state index in [4.69, 9.17) is 12.2 Å². The van der Waals surface area contributed by atoms with Gasteiger partial charge in [-0.25, -0.2) is 0 Å². The summed E-state index contributed by atoms with van der Waals surface area (Å²) in [6, 6.07) is 1.20. The first-order chi connectivity index (χ1) is 8.16. The van der Waals surface area contributed by atoms with Crippen LogP contribution in [-0.2, 0) is 0 Å². The summed E-state index contributed by atoms with van der Waals surface area (Å²) in [5, 5.41) is 7.94. The van der Waals surface area contributed by atoms with Crippen LogP contribution in [0, 0.1) is 11.8 Å². The normalized spacial score (nSPS) is 34.6. The largest absolute Gasteiger partial charge is 0.360 e. The minimum absolute atomic E-state index is 0.574. The van der Waals surface area contributed by atoms with Crippen molar-refractivity contribution >= 4 is 17.3 Å². The molecule has 3 heteroatoms. The molecule has 2 unspecified atom stereocenters. The van der Waals surface area contributed by atoms with Gasteiger partial charge in [-0.2, -0.15) is 0 Å². The van der Waals surface area contributed by atoms with Crippen LogP contribution in [0.15, 0.2) is 0 Å². The molecule has 0 saturated heterocycles. The van der Waals surface area contributed by atoms with E-state index in [0.717, 1.165) is 16.9 Å². The molecule has 2 nitrogen and oxygen atoms in total. The fourth-order valence-corrected chi connectivity index (χ4v) is 3.72. The van der Waals surface area contributed by atoms with E-state index in [1.807, 2.05) is 0 Å². The summed E-state index contributed by atoms with van der Waals surface area (Å²) in [6.07, 6.45) is 9.35. The molecular weight excluding hydrogens is 228 g/mol. The molecule has 2 saturated carbocycles. The highest BCUT2D eigenvalue weighted by Crippen LogP contribution is 2.28. The lowest BCUT2D eigenvalue weighted by atomic mass is 9.79. The fraction of sp³-hybridized carbons (Fsp3) is 0.929. The predicted octanol–water partition coefficient (Wildman–Crippen LogP) is 3.22. The van der Waals surface area contributed by atoms with Crippen molar-refractivity contribution < 1.29 is 0 Å². The molecule has 2 aliphatic carbocycles. The van der Waals surface area contributed by atoms with Gasteiger partial charge >= 0.3 is 0 Å². The monoisotopic (exact) mass is 254 g/mol. The van der Waals surface area contributed by atoms with Crippen molar-refractivity contribution in [2.75, 3.05) is 0 Å². The second-order valence-electron chi connectivity index (χ2n) is 6.01. The van der Waals surface area contributed by atoms with Crippen LogP contribution in [0.3, 0.4) is 0 Å². The molecule has 2 fully saturated rings. The van der Waals surface area contributed by atoms with Gasteiger partial charge < -0.3 is 10.6 Å². The SMILES string of the molecule is CC1CCCC(C)C1NC(=S)NC1CCCC1. The lowest BCUT2D eigenvalue weighted by molar-refractivity contribution is 0.230. The van der Waals surface area contributed by atoms with Crippen LogP contribution < -0.4 is 10.6 Å². The van der Waals surface area contributed by atoms with Gasteiger partial charge in [-0.1, -0.05) is 33.1 Å². The Morgan fingerprint density at radius 3 is 2.06 bits per heavy atom. The molecular formula is C14H26N2S. The van der Waals surface area contributed by atoms with Gasteiger partial charge in [0.2, 0.25) is 0 Å². The van der Waals surface area contributed by atoms with Crippen LogP contribution in [0.5, 0.6) is 0 Å². The Morgan fingerprint density at radius 2 is 1.47 bits per heavy atom. The van der Waals surface area contributed by atoms with Gasteiger partial charge in [0.25, 0.3) is 0 Å². The average Bonchev–Trinajstić information content (AvgIpc) is 2.76. The van der Waals surface area contributed by atoms with Crippen LogP contribution >= 0.6 is 12.2 Å². The van der Waals surface area contributed by atoms with E-state index < -0.39 is 0 Å². The maximum atomic E-state index is 5.46. The molecule has 0 aromatic heterocycles. The zero-order valence-electron chi connectivity index (χ0n) is 11.2. The maximum Gasteiger partial charge on any atom is 0.166 e. The molecule has 2 aliphatic rings.